The Morgan fingerprint density at radius 3 is 2.67 bits per heavy atom. The van der Waals surface area contributed by atoms with Crippen molar-refractivity contribution < 1.29 is 13.2 Å². The van der Waals surface area contributed by atoms with Crippen LogP contribution in [0.1, 0.15) is 6.92 Å². The molecule has 21 heavy (non-hydrogen) atoms. The third-order valence-corrected chi connectivity index (χ3v) is 4.23. The van der Waals surface area contributed by atoms with Crippen LogP contribution < -0.4 is 9.64 Å². The fourth-order valence-corrected chi connectivity index (χ4v) is 3.01. The van der Waals surface area contributed by atoms with Gasteiger partial charge in [-0.1, -0.05) is 0 Å². The molecule has 0 N–H and O–H groups in total. The van der Waals surface area contributed by atoms with Crippen molar-refractivity contribution in [1.29, 1.82) is 0 Å². The Hall–Kier alpha value is -2.41. The van der Waals surface area contributed by atoms with Crippen LogP contribution in [0.15, 0.2) is 51.9 Å². The fraction of sp³-hybridized carbons (Fsp3) is 0.143. The highest BCUT2D eigenvalue weighted by atomic mass is 32.2. The van der Waals surface area contributed by atoms with Crippen molar-refractivity contribution in [2.45, 2.75) is 11.8 Å². The van der Waals surface area contributed by atoms with E-state index in [-0.39, 0.29) is 4.90 Å². The molecule has 7 heteroatoms. The first-order valence-corrected chi connectivity index (χ1v) is 7.83. The lowest BCUT2D eigenvalue weighted by molar-refractivity contribution is 0.340. The maximum Gasteiger partial charge on any atom is 0.287 e. The first-order chi connectivity index (χ1) is 10.1. The molecule has 0 saturated heterocycles. The lowest BCUT2D eigenvalue weighted by atomic mass is 10.2. The maximum atomic E-state index is 11.9. The van der Waals surface area contributed by atoms with E-state index in [1.165, 1.54) is 12.4 Å². The lowest BCUT2D eigenvalue weighted by Crippen LogP contribution is -2.23. The molecule has 1 aliphatic heterocycles. The third kappa shape index (κ3) is 2.47. The first kappa shape index (κ1) is 13.6. The van der Waals surface area contributed by atoms with Crippen molar-refractivity contribution in [3.63, 3.8) is 0 Å². The van der Waals surface area contributed by atoms with Crippen molar-refractivity contribution >= 4 is 27.9 Å². The van der Waals surface area contributed by atoms with Crippen LogP contribution in [0, 0.1) is 0 Å². The van der Waals surface area contributed by atoms with Crippen LogP contribution in [0.4, 0.5) is 11.5 Å². The quantitative estimate of drug-likeness (QED) is 0.870. The molecule has 0 bridgehead atoms. The summed E-state index contributed by atoms with van der Waals surface area (Å²) < 4.78 is 32.8. The number of pyridine rings is 1. The van der Waals surface area contributed by atoms with Crippen molar-refractivity contribution in [1.82, 2.24) is 4.98 Å². The standard InChI is InChI=1S/C14H13N3O3S/c1-2-20-12-7-5-11(6-8-12)17-10-16-21(18,19)13-4-3-9-15-14(13)17/h3-10H,2H2,1H3. The van der Waals surface area contributed by atoms with Crippen LogP contribution in [0.5, 0.6) is 5.75 Å². The SMILES string of the molecule is CCOc1ccc(N2C=NS(=O)(=O)c3cccnc32)cc1. The van der Waals surface area contributed by atoms with Gasteiger partial charge in [-0.25, -0.2) is 4.98 Å². The van der Waals surface area contributed by atoms with Gasteiger partial charge in [-0.15, -0.1) is 4.40 Å². The number of hydrogen-bond acceptors (Lipinski definition) is 5. The molecule has 0 amide bonds. The van der Waals surface area contributed by atoms with Gasteiger partial charge in [0.1, 0.15) is 17.0 Å². The fourth-order valence-electron chi connectivity index (χ4n) is 2.04. The molecule has 1 aromatic carbocycles. The summed E-state index contributed by atoms with van der Waals surface area (Å²) >= 11 is 0. The number of anilines is 2. The number of rotatable bonds is 3. The monoisotopic (exact) mass is 303 g/mol. The first-order valence-electron chi connectivity index (χ1n) is 6.39. The van der Waals surface area contributed by atoms with Gasteiger partial charge >= 0.3 is 0 Å². The average molecular weight is 303 g/mol. The topological polar surface area (TPSA) is 71.9 Å². The summed E-state index contributed by atoms with van der Waals surface area (Å²) in [6.07, 6.45) is 2.81. The zero-order chi connectivity index (χ0) is 14.9. The van der Waals surface area contributed by atoms with E-state index in [1.54, 1.807) is 17.2 Å². The Balaban J connectivity index is 2.04. The second-order valence-corrected chi connectivity index (χ2v) is 5.92. The molecule has 2 heterocycles. The molecule has 0 saturated carbocycles. The van der Waals surface area contributed by atoms with E-state index in [0.717, 1.165) is 11.4 Å². The molecule has 0 aliphatic carbocycles. The second-order valence-electron chi connectivity index (χ2n) is 4.32. The predicted molar refractivity (Wildman–Crippen MR) is 79.7 cm³/mol. The van der Waals surface area contributed by atoms with Crippen LogP contribution in [-0.2, 0) is 10.0 Å². The maximum absolute atomic E-state index is 11.9. The van der Waals surface area contributed by atoms with Crippen molar-refractivity contribution in [2.75, 3.05) is 11.5 Å². The van der Waals surface area contributed by atoms with Crippen LogP contribution in [0.25, 0.3) is 0 Å². The van der Waals surface area contributed by atoms with Gasteiger partial charge in [-0.2, -0.15) is 8.42 Å². The predicted octanol–water partition coefficient (Wildman–Crippen LogP) is 2.35. The summed E-state index contributed by atoms with van der Waals surface area (Å²) in [5.74, 6) is 1.10. The Kier molecular flexibility index (Phi) is 3.34. The summed E-state index contributed by atoms with van der Waals surface area (Å²) in [4.78, 5) is 5.89. The number of sulfonamides is 1. The summed E-state index contributed by atoms with van der Waals surface area (Å²) in [6, 6.07) is 10.4. The third-order valence-electron chi connectivity index (χ3n) is 2.98. The van der Waals surface area contributed by atoms with Gasteiger partial charge in [0.25, 0.3) is 10.0 Å². The van der Waals surface area contributed by atoms with E-state index < -0.39 is 10.0 Å². The van der Waals surface area contributed by atoms with Gasteiger partial charge in [0.2, 0.25) is 0 Å². The smallest absolute Gasteiger partial charge is 0.287 e. The van der Waals surface area contributed by atoms with Gasteiger partial charge in [-0.3, -0.25) is 4.90 Å². The van der Waals surface area contributed by atoms with E-state index in [4.69, 9.17) is 4.74 Å². The normalized spacial score (nSPS) is 15.6. The highest BCUT2D eigenvalue weighted by Gasteiger charge is 2.27. The molecule has 0 radical (unpaired) electrons. The molecule has 3 rings (SSSR count). The minimum Gasteiger partial charge on any atom is -0.494 e. The number of fused-ring (bicyclic) bond motifs is 1. The van der Waals surface area contributed by atoms with Crippen molar-refractivity contribution in [3.8, 4) is 5.75 Å². The van der Waals surface area contributed by atoms with Crippen LogP contribution in [0.2, 0.25) is 0 Å². The van der Waals surface area contributed by atoms with Gasteiger partial charge < -0.3 is 4.74 Å². The van der Waals surface area contributed by atoms with Crippen molar-refractivity contribution in [2.24, 2.45) is 4.40 Å². The number of aromatic nitrogens is 1. The van der Waals surface area contributed by atoms with E-state index in [1.807, 2.05) is 31.2 Å². The summed E-state index contributed by atoms with van der Waals surface area (Å²) in [5.41, 5.74) is 0.761. The van der Waals surface area contributed by atoms with Crippen molar-refractivity contribution in [3.05, 3.63) is 42.6 Å². The molecule has 108 valence electrons. The number of ether oxygens (including phenoxy) is 1. The molecule has 0 unspecified atom stereocenters. The minimum absolute atomic E-state index is 0.0985. The summed E-state index contributed by atoms with van der Waals surface area (Å²) in [7, 11) is -3.66. The summed E-state index contributed by atoms with van der Waals surface area (Å²) in [5, 5.41) is 0. The van der Waals surface area contributed by atoms with Crippen LogP contribution in [0.3, 0.4) is 0 Å². The molecule has 2 aromatic rings. The molecule has 6 nitrogen and oxygen atoms in total. The average Bonchev–Trinajstić information content (AvgIpc) is 2.49. The molecule has 0 spiro atoms. The molecule has 0 atom stereocenters. The number of hydrogen-bond donors (Lipinski definition) is 0. The molecular formula is C14H13N3O3S. The lowest BCUT2D eigenvalue weighted by Gasteiger charge is -2.23. The zero-order valence-electron chi connectivity index (χ0n) is 11.3. The van der Waals surface area contributed by atoms with Gasteiger partial charge in [-0.05, 0) is 43.3 Å². The number of benzene rings is 1. The largest absolute Gasteiger partial charge is 0.494 e. The molecule has 1 aromatic heterocycles. The van der Waals surface area contributed by atoms with Gasteiger partial charge in [0, 0.05) is 11.9 Å². The van der Waals surface area contributed by atoms with Crippen LogP contribution >= 0.6 is 0 Å². The van der Waals surface area contributed by atoms with E-state index in [9.17, 15) is 8.42 Å². The van der Waals surface area contributed by atoms with Crippen LogP contribution in [-0.4, -0.2) is 26.3 Å². The Morgan fingerprint density at radius 2 is 1.95 bits per heavy atom. The summed E-state index contributed by atoms with van der Waals surface area (Å²) in [6.45, 7) is 2.50. The van der Waals surface area contributed by atoms with Gasteiger partial charge in [0.15, 0.2) is 5.82 Å². The molecular weight excluding hydrogens is 290 g/mol. The zero-order valence-corrected chi connectivity index (χ0v) is 12.1. The van der Waals surface area contributed by atoms with E-state index >= 15 is 0 Å². The Bertz CT molecular complexity index is 785. The minimum atomic E-state index is -3.66. The second kappa shape index (κ2) is 5.17. The van der Waals surface area contributed by atoms with E-state index in [0.29, 0.717) is 12.4 Å². The highest BCUT2D eigenvalue weighted by Crippen LogP contribution is 2.33. The Labute approximate surface area is 122 Å². The molecule has 0 fully saturated rings. The Morgan fingerprint density at radius 1 is 1.19 bits per heavy atom. The highest BCUT2D eigenvalue weighted by molar-refractivity contribution is 7.90. The van der Waals surface area contributed by atoms with Gasteiger partial charge in [0.05, 0.1) is 6.61 Å². The van der Waals surface area contributed by atoms with E-state index in [2.05, 4.69) is 9.38 Å². The number of nitrogens with zero attached hydrogens (tertiary/aromatic N) is 3. The molecule has 1 aliphatic rings.